The van der Waals surface area contributed by atoms with Crippen LogP contribution in [0.1, 0.15) is 30.1 Å². The highest BCUT2D eigenvalue weighted by Crippen LogP contribution is 2.29. The molecular formula is C16H20BrN3. The third kappa shape index (κ3) is 2.67. The summed E-state index contributed by atoms with van der Waals surface area (Å²) in [7, 11) is 0. The highest BCUT2D eigenvalue weighted by atomic mass is 79.9. The van der Waals surface area contributed by atoms with Gasteiger partial charge in [-0.25, -0.2) is 0 Å². The van der Waals surface area contributed by atoms with Crippen molar-refractivity contribution in [2.24, 2.45) is 0 Å². The van der Waals surface area contributed by atoms with Crippen molar-refractivity contribution >= 4 is 15.9 Å². The summed E-state index contributed by atoms with van der Waals surface area (Å²) >= 11 is 3.53. The summed E-state index contributed by atoms with van der Waals surface area (Å²) in [5, 5.41) is 8.19. The largest absolute Gasteiger partial charge is 0.315 e. The van der Waals surface area contributed by atoms with Crippen LogP contribution < -0.4 is 5.32 Å². The second kappa shape index (κ2) is 5.70. The van der Waals surface area contributed by atoms with Crippen LogP contribution in [0.5, 0.6) is 0 Å². The highest BCUT2D eigenvalue weighted by Gasteiger charge is 2.18. The molecule has 1 aliphatic heterocycles. The van der Waals surface area contributed by atoms with Gasteiger partial charge < -0.3 is 5.32 Å². The standard InChI is InChI=1S/C16H20BrN3/c1-11-8-13(17)5-6-15(11)16-10-20(19-12(16)2)14-4-3-7-18-9-14/h5-6,8,10,14,18H,3-4,7,9H2,1-2H3. The number of nitrogens with zero attached hydrogens (tertiary/aromatic N) is 2. The molecule has 0 spiro atoms. The summed E-state index contributed by atoms with van der Waals surface area (Å²) in [6.07, 6.45) is 4.66. The number of aryl methyl sites for hydroxylation is 2. The van der Waals surface area contributed by atoms with Gasteiger partial charge in [0.1, 0.15) is 0 Å². The molecular weight excluding hydrogens is 314 g/mol. The Hall–Kier alpha value is -1.13. The maximum absolute atomic E-state index is 4.74. The first kappa shape index (κ1) is 13.8. The average molecular weight is 334 g/mol. The van der Waals surface area contributed by atoms with Crippen molar-refractivity contribution in [3.63, 3.8) is 0 Å². The van der Waals surface area contributed by atoms with Gasteiger partial charge >= 0.3 is 0 Å². The van der Waals surface area contributed by atoms with E-state index in [0.29, 0.717) is 6.04 Å². The number of piperidine rings is 1. The predicted octanol–water partition coefficient (Wildman–Crippen LogP) is 3.85. The molecule has 1 saturated heterocycles. The molecule has 3 nitrogen and oxygen atoms in total. The van der Waals surface area contributed by atoms with E-state index in [4.69, 9.17) is 5.10 Å². The Balaban J connectivity index is 1.95. The van der Waals surface area contributed by atoms with Gasteiger partial charge in [0.15, 0.2) is 0 Å². The van der Waals surface area contributed by atoms with Crippen LogP contribution >= 0.6 is 15.9 Å². The summed E-state index contributed by atoms with van der Waals surface area (Å²) in [5.41, 5.74) is 4.92. The maximum atomic E-state index is 4.74. The minimum atomic E-state index is 0.493. The van der Waals surface area contributed by atoms with Gasteiger partial charge in [-0.2, -0.15) is 5.10 Å². The molecule has 1 unspecified atom stereocenters. The van der Waals surface area contributed by atoms with E-state index >= 15 is 0 Å². The van der Waals surface area contributed by atoms with E-state index < -0.39 is 0 Å². The molecule has 2 aromatic rings. The van der Waals surface area contributed by atoms with E-state index in [1.165, 1.54) is 29.5 Å². The molecule has 1 atom stereocenters. The molecule has 1 aliphatic rings. The van der Waals surface area contributed by atoms with Crippen LogP contribution in [0, 0.1) is 13.8 Å². The molecule has 106 valence electrons. The molecule has 1 aromatic carbocycles. The zero-order chi connectivity index (χ0) is 14.1. The van der Waals surface area contributed by atoms with E-state index in [1.54, 1.807) is 0 Å². The topological polar surface area (TPSA) is 29.9 Å². The fraction of sp³-hybridized carbons (Fsp3) is 0.438. The summed E-state index contributed by atoms with van der Waals surface area (Å²) in [4.78, 5) is 0. The molecule has 0 bridgehead atoms. The lowest BCUT2D eigenvalue weighted by Gasteiger charge is -2.22. The minimum absolute atomic E-state index is 0.493. The Morgan fingerprint density at radius 2 is 2.15 bits per heavy atom. The first-order valence-electron chi connectivity index (χ1n) is 7.18. The Bertz CT molecular complexity index is 612. The summed E-state index contributed by atoms with van der Waals surface area (Å²) in [6, 6.07) is 6.93. The Labute approximate surface area is 128 Å². The van der Waals surface area contributed by atoms with E-state index in [0.717, 1.165) is 23.3 Å². The molecule has 1 fully saturated rings. The van der Waals surface area contributed by atoms with Crippen LogP contribution in [0.15, 0.2) is 28.9 Å². The molecule has 1 aromatic heterocycles. The van der Waals surface area contributed by atoms with Crippen molar-refractivity contribution in [2.75, 3.05) is 13.1 Å². The van der Waals surface area contributed by atoms with Gasteiger partial charge in [-0.05, 0) is 56.5 Å². The van der Waals surface area contributed by atoms with Gasteiger partial charge in [-0.15, -0.1) is 0 Å². The first-order chi connectivity index (χ1) is 9.65. The Kier molecular flexibility index (Phi) is 3.94. The second-order valence-corrected chi connectivity index (χ2v) is 6.48. The number of hydrogen-bond donors (Lipinski definition) is 1. The summed E-state index contributed by atoms with van der Waals surface area (Å²) in [6.45, 7) is 6.41. The van der Waals surface area contributed by atoms with Gasteiger partial charge in [-0.1, -0.05) is 22.0 Å². The zero-order valence-electron chi connectivity index (χ0n) is 12.0. The van der Waals surface area contributed by atoms with Crippen molar-refractivity contribution in [1.82, 2.24) is 15.1 Å². The highest BCUT2D eigenvalue weighted by molar-refractivity contribution is 9.10. The van der Waals surface area contributed by atoms with Crippen LogP contribution in [0.4, 0.5) is 0 Å². The van der Waals surface area contributed by atoms with E-state index in [2.05, 4.69) is 64.2 Å². The molecule has 2 heterocycles. The normalized spacial score (nSPS) is 19.2. The van der Waals surface area contributed by atoms with Gasteiger partial charge in [-0.3, -0.25) is 4.68 Å². The molecule has 0 saturated carbocycles. The van der Waals surface area contributed by atoms with Gasteiger partial charge in [0.2, 0.25) is 0 Å². The first-order valence-corrected chi connectivity index (χ1v) is 7.97. The number of aromatic nitrogens is 2. The van der Waals surface area contributed by atoms with Crippen molar-refractivity contribution in [2.45, 2.75) is 32.7 Å². The lowest BCUT2D eigenvalue weighted by molar-refractivity contribution is 0.346. The van der Waals surface area contributed by atoms with Crippen molar-refractivity contribution in [3.8, 4) is 11.1 Å². The average Bonchev–Trinajstić information content (AvgIpc) is 2.82. The number of rotatable bonds is 2. The SMILES string of the molecule is Cc1cc(Br)ccc1-c1cn(C2CCCNC2)nc1C. The fourth-order valence-electron chi connectivity index (χ4n) is 2.92. The van der Waals surface area contributed by atoms with Gasteiger partial charge in [0.05, 0.1) is 11.7 Å². The molecule has 0 aliphatic carbocycles. The monoisotopic (exact) mass is 333 g/mol. The lowest BCUT2D eigenvalue weighted by Crippen LogP contribution is -2.31. The van der Waals surface area contributed by atoms with Crippen molar-refractivity contribution < 1.29 is 0 Å². The van der Waals surface area contributed by atoms with Crippen LogP contribution in [0.3, 0.4) is 0 Å². The Morgan fingerprint density at radius 1 is 1.30 bits per heavy atom. The minimum Gasteiger partial charge on any atom is -0.315 e. The van der Waals surface area contributed by atoms with Crippen LogP contribution in [-0.2, 0) is 0 Å². The van der Waals surface area contributed by atoms with Crippen molar-refractivity contribution in [1.29, 1.82) is 0 Å². The predicted molar refractivity (Wildman–Crippen MR) is 86.0 cm³/mol. The summed E-state index contributed by atoms with van der Waals surface area (Å²) < 4.78 is 3.28. The Morgan fingerprint density at radius 3 is 2.85 bits per heavy atom. The molecule has 3 rings (SSSR count). The van der Waals surface area contributed by atoms with Crippen molar-refractivity contribution in [3.05, 3.63) is 40.1 Å². The zero-order valence-corrected chi connectivity index (χ0v) is 13.6. The third-order valence-corrected chi connectivity index (χ3v) is 4.53. The molecule has 1 N–H and O–H groups in total. The molecule has 4 heteroatoms. The second-order valence-electron chi connectivity index (χ2n) is 5.57. The smallest absolute Gasteiger partial charge is 0.0672 e. The third-order valence-electron chi connectivity index (χ3n) is 4.04. The van der Waals surface area contributed by atoms with Gasteiger partial charge in [0, 0.05) is 22.8 Å². The lowest BCUT2D eigenvalue weighted by atomic mass is 10.0. The quantitative estimate of drug-likeness (QED) is 0.904. The number of hydrogen-bond acceptors (Lipinski definition) is 2. The molecule has 0 radical (unpaired) electrons. The maximum Gasteiger partial charge on any atom is 0.0672 e. The number of nitrogens with one attached hydrogen (secondary N) is 1. The number of halogens is 1. The van der Waals surface area contributed by atoms with E-state index in [1.807, 2.05) is 0 Å². The fourth-order valence-corrected chi connectivity index (χ4v) is 3.40. The van der Waals surface area contributed by atoms with Crippen LogP contribution in [0.25, 0.3) is 11.1 Å². The number of benzene rings is 1. The van der Waals surface area contributed by atoms with Gasteiger partial charge in [0.25, 0.3) is 0 Å². The summed E-state index contributed by atoms with van der Waals surface area (Å²) in [5.74, 6) is 0. The molecule has 20 heavy (non-hydrogen) atoms. The van der Waals surface area contributed by atoms with Crippen LogP contribution in [0.2, 0.25) is 0 Å². The molecule has 0 amide bonds. The van der Waals surface area contributed by atoms with Crippen LogP contribution in [-0.4, -0.2) is 22.9 Å². The van der Waals surface area contributed by atoms with E-state index in [-0.39, 0.29) is 0 Å². The van der Waals surface area contributed by atoms with E-state index in [9.17, 15) is 0 Å².